The number of carbonyl (C=O) groups is 1. The molecule has 1 aromatic heterocycles. The minimum absolute atomic E-state index is 0.0505. The first-order valence-corrected chi connectivity index (χ1v) is 6.08. The molecule has 0 unspecified atom stereocenters. The molecule has 0 aliphatic rings. The molecule has 1 aromatic carbocycles. The molecule has 4 heteroatoms. The largest absolute Gasteiger partial charge is 0.354 e. The van der Waals surface area contributed by atoms with Gasteiger partial charge in [0.1, 0.15) is 12.4 Å². The van der Waals surface area contributed by atoms with Crippen LogP contribution in [0.25, 0.3) is 10.9 Å². The lowest BCUT2D eigenvalue weighted by Gasteiger charge is -2.09. The normalized spacial score (nSPS) is 11.1. The fraction of sp³-hybridized carbons (Fsp3) is 0.357. The second kappa shape index (κ2) is 5.21. The van der Waals surface area contributed by atoms with Gasteiger partial charge in [-0.2, -0.15) is 0 Å². The van der Waals surface area contributed by atoms with Crippen LogP contribution >= 0.6 is 0 Å². The number of amides is 1. The first-order chi connectivity index (χ1) is 8.58. The van der Waals surface area contributed by atoms with Crippen molar-refractivity contribution in [1.29, 1.82) is 0 Å². The number of benzene rings is 1. The van der Waals surface area contributed by atoms with Gasteiger partial charge in [0, 0.05) is 18.1 Å². The highest BCUT2D eigenvalue weighted by atomic mass is 19.1. The molecule has 0 atom stereocenters. The van der Waals surface area contributed by atoms with Crippen LogP contribution in [0.4, 0.5) is 4.39 Å². The number of aromatic nitrogens is 1. The van der Waals surface area contributed by atoms with E-state index in [1.54, 1.807) is 22.9 Å². The highest BCUT2D eigenvalue weighted by Gasteiger charge is 2.08. The molecule has 0 saturated carbocycles. The third kappa shape index (κ3) is 2.70. The van der Waals surface area contributed by atoms with E-state index in [2.05, 4.69) is 5.32 Å². The predicted octanol–water partition coefficient (Wildman–Crippen LogP) is 2.55. The molecule has 3 nitrogen and oxygen atoms in total. The summed E-state index contributed by atoms with van der Waals surface area (Å²) in [5, 5.41) is 3.40. The molecule has 96 valence electrons. The summed E-state index contributed by atoms with van der Waals surface area (Å²) >= 11 is 0. The Morgan fingerprint density at radius 3 is 2.89 bits per heavy atom. The molecule has 1 N–H and O–H groups in total. The summed E-state index contributed by atoms with van der Waals surface area (Å²) in [7, 11) is 0. The standard InChI is InChI=1S/C14H17FN2O/c1-10(2)8-16-14(18)9-17-7-6-11-12(15)4-3-5-13(11)17/h3-7,10H,8-9H2,1-2H3,(H,16,18). The van der Waals surface area contributed by atoms with Gasteiger partial charge >= 0.3 is 0 Å². The summed E-state index contributed by atoms with van der Waals surface area (Å²) in [5.74, 6) is 0.118. The van der Waals surface area contributed by atoms with E-state index in [1.807, 2.05) is 19.9 Å². The van der Waals surface area contributed by atoms with Gasteiger partial charge in [0.05, 0.1) is 5.52 Å². The number of halogens is 1. The highest BCUT2D eigenvalue weighted by molar-refractivity contribution is 5.83. The molecule has 0 radical (unpaired) electrons. The number of carbonyl (C=O) groups excluding carboxylic acids is 1. The second-order valence-corrected chi connectivity index (χ2v) is 4.81. The van der Waals surface area contributed by atoms with Crippen LogP contribution in [0.1, 0.15) is 13.8 Å². The van der Waals surface area contributed by atoms with Gasteiger partial charge in [-0.3, -0.25) is 4.79 Å². The summed E-state index contributed by atoms with van der Waals surface area (Å²) in [6, 6.07) is 6.58. The lowest BCUT2D eigenvalue weighted by atomic mass is 10.2. The molecule has 1 heterocycles. The molecule has 0 bridgehead atoms. The maximum atomic E-state index is 13.5. The van der Waals surface area contributed by atoms with E-state index in [9.17, 15) is 9.18 Å². The zero-order valence-corrected chi connectivity index (χ0v) is 10.6. The van der Waals surface area contributed by atoms with Crippen molar-refractivity contribution in [2.45, 2.75) is 20.4 Å². The Labute approximate surface area is 106 Å². The quantitative estimate of drug-likeness (QED) is 0.886. The van der Waals surface area contributed by atoms with E-state index in [0.29, 0.717) is 17.8 Å². The number of nitrogens with zero attached hydrogens (tertiary/aromatic N) is 1. The van der Waals surface area contributed by atoms with Crippen LogP contribution in [0.3, 0.4) is 0 Å². The molecule has 0 saturated heterocycles. The van der Waals surface area contributed by atoms with E-state index >= 15 is 0 Å². The zero-order chi connectivity index (χ0) is 13.1. The van der Waals surface area contributed by atoms with Crippen LogP contribution in [-0.4, -0.2) is 17.0 Å². The Bertz CT molecular complexity index is 560. The van der Waals surface area contributed by atoms with Crippen molar-refractivity contribution in [3.05, 3.63) is 36.3 Å². The fourth-order valence-electron chi connectivity index (χ4n) is 1.85. The van der Waals surface area contributed by atoms with E-state index < -0.39 is 0 Å². The van der Waals surface area contributed by atoms with Crippen molar-refractivity contribution in [3.8, 4) is 0 Å². The van der Waals surface area contributed by atoms with Gasteiger partial charge in [-0.15, -0.1) is 0 Å². The van der Waals surface area contributed by atoms with E-state index in [4.69, 9.17) is 0 Å². The van der Waals surface area contributed by atoms with Crippen molar-refractivity contribution in [1.82, 2.24) is 9.88 Å². The van der Waals surface area contributed by atoms with Gasteiger partial charge in [0.15, 0.2) is 0 Å². The third-order valence-corrected chi connectivity index (χ3v) is 2.78. The third-order valence-electron chi connectivity index (χ3n) is 2.78. The topological polar surface area (TPSA) is 34.0 Å². The summed E-state index contributed by atoms with van der Waals surface area (Å²) in [5.41, 5.74) is 0.745. The smallest absolute Gasteiger partial charge is 0.239 e. The van der Waals surface area contributed by atoms with Gasteiger partial charge in [-0.25, -0.2) is 4.39 Å². The van der Waals surface area contributed by atoms with Gasteiger partial charge < -0.3 is 9.88 Å². The van der Waals surface area contributed by atoms with Gasteiger partial charge in [0.25, 0.3) is 0 Å². The molecular formula is C14H17FN2O. The van der Waals surface area contributed by atoms with Crippen LogP contribution in [-0.2, 0) is 11.3 Å². The minimum Gasteiger partial charge on any atom is -0.354 e. The van der Waals surface area contributed by atoms with E-state index in [1.165, 1.54) is 6.07 Å². The Balaban J connectivity index is 2.12. The van der Waals surface area contributed by atoms with Crippen LogP contribution in [0.2, 0.25) is 0 Å². The Kier molecular flexibility index (Phi) is 3.65. The second-order valence-electron chi connectivity index (χ2n) is 4.81. The number of rotatable bonds is 4. The van der Waals surface area contributed by atoms with Crippen LogP contribution < -0.4 is 5.32 Å². The van der Waals surface area contributed by atoms with Gasteiger partial charge in [0.2, 0.25) is 5.91 Å². The number of hydrogen-bond donors (Lipinski definition) is 1. The van der Waals surface area contributed by atoms with Crippen molar-refractivity contribution in [2.75, 3.05) is 6.54 Å². The zero-order valence-electron chi connectivity index (χ0n) is 10.6. The van der Waals surface area contributed by atoms with Crippen molar-refractivity contribution in [3.63, 3.8) is 0 Å². The minimum atomic E-state index is -0.256. The maximum absolute atomic E-state index is 13.5. The lowest BCUT2D eigenvalue weighted by molar-refractivity contribution is -0.121. The lowest BCUT2D eigenvalue weighted by Crippen LogP contribution is -2.30. The Hall–Kier alpha value is -1.84. The van der Waals surface area contributed by atoms with Crippen LogP contribution in [0.5, 0.6) is 0 Å². The Morgan fingerprint density at radius 1 is 1.39 bits per heavy atom. The van der Waals surface area contributed by atoms with Crippen molar-refractivity contribution < 1.29 is 9.18 Å². The summed E-state index contributed by atoms with van der Waals surface area (Å²) in [6.07, 6.45) is 1.74. The molecule has 0 aliphatic carbocycles. The van der Waals surface area contributed by atoms with E-state index in [0.717, 1.165) is 5.52 Å². The number of nitrogens with one attached hydrogen (secondary N) is 1. The van der Waals surface area contributed by atoms with Gasteiger partial charge in [-0.05, 0) is 24.1 Å². The molecular weight excluding hydrogens is 231 g/mol. The molecule has 0 spiro atoms. The molecule has 18 heavy (non-hydrogen) atoms. The molecule has 1 amide bonds. The predicted molar refractivity (Wildman–Crippen MR) is 69.7 cm³/mol. The molecule has 0 aliphatic heterocycles. The summed E-state index contributed by atoms with van der Waals surface area (Å²) < 4.78 is 15.2. The van der Waals surface area contributed by atoms with Gasteiger partial charge in [-0.1, -0.05) is 19.9 Å². The monoisotopic (exact) mass is 248 g/mol. The SMILES string of the molecule is CC(C)CNC(=O)Cn1ccc2c(F)cccc21. The fourth-order valence-corrected chi connectivity index (χ4v) is 1.85. The van der Waals surface area contributed by atoms with Crippen LogP contribution in [0.15, 0.2) is 30.5 Å². The Morgan fingerprint density at radius 2 is 2.17 bits per heavy atom. The van der Waals surface area contributed by atoms with Crippen molar-refractivity contribution in [2.24, 2.45) is 5.92 Å². The maximum Gasteiger partial charge on any atom is 0.239 e. The molecule has 2 aromatic rings. The average Bonchev–Trinajstić information content (AvgIpc) is 2.72. The van der Waals surface area contributed by atoms with Crippen LogP contribution in [0, 0.1) is 11.7 Å². The molecule has 0 fully saturated rings. The molecule has 2 rings (SSSR count). The number of hydrogen-bond acceptors (Lipinski definition) is 1. The highest BCUT2D eigenvalue weighted by Crippen LogP contribution is 2.18. The average molecular weight is 248 g/mol. The summed E-state index contributed by atoms with van der Waals surface area (Å²) in [4.78, 5) is 11.7. The first-order valence-electron chi connectivity index (χ1n) is 6.08. The summed E-state index contributed by atoms with van der Waals surface area (Å²) in [6.45, 7) is 4.97. The van der Waals surface area contributed by atoms with Crippen molar-refractivity contribution >= 4 is 16.8 Å². The first kappa shape index (κ1) is 12.6. The van der Waals surface area contributed by atoms with E-state index in [-0.39, 0.29) is 18.3 Å². The number of fused-ring (bicyclic) bond motifs is 1.